The summed E-state index contributed by atoms with van der Waals surface area (Å²) in [5.41, 5.74) is 2.25. The Morgan fingerprint density at radius 1 is 1.10 bits per heavy atom. The standard InChI is InChI=1S/C22H19FN2O4/c1-12-16-6-4-5-7-19(16)24-13(2)21(12)22(28)29-11-20(27)17-9-8-15(10-18(17)23)25-14(3)26/h4-10H,11H2,1-3H3,(H,25,26). The first-order chi connectivity index (χ1) is 13.8. The molecule has 0 radical (unpaired) electrons. The van der Waals surface area contributed by atoms with Gasteiger partial charge in [0, 0.05) is 18.0 Å². The summed E-state index contributed by atoms with van der Waals surface area (Å²) in [6, 6.07) is 11.1. The lowest BCUT2D eigenvalue weighted by atomic mass is 10.0. The van der Waals surface area contributed by atoms with Gasteiger partial charge in [-0.2, -0.15) is 0 Å². The topological polar surface area (TPSA) is 85.4 Å². The van der Waals surface area contributed by atoms with Gasteiger partial charge in [-0.3, -0.25) is 14.6 Å². The third-order valence-electron chi connectivity index (χ3n) is 4.46. The van der Waals surface area contributed by atoms with Crippen LogP contribution in [0.1, 0.15) is 38.9 Å². The Morgan fingerprint density at radius 2 is 1.83 bits per heavy atom. The molecular weight excluding hydrogens is 375 g/mol. The summed E-state index contributed by atoms with van der Waals surface area (Å²) in [7, 11) is 0. The SMILES string of the molecule is CC(=O)Nc1ccc(C(=O)COC(=O)c2c(C)nc3ccccc3c2C)c(F)c1. The number of aromatic nitrogens is 1. The minimum absolute atomic E-state index is 0.225. The first-order valence-corrected chi connectivity index (χ1v) is 8.91. The number of aryl methyl sites for hydroxylation is 2. The van der Waals surface area contributed by atoms with E-state index in [1.807, 2.05) is 24.3 Å². The van der Waals surface area contributed by atoms with E-state index >= 15 is 0 Å². The van der Waals surface area contributed by atoms with Gasteiger partial charge in [0.05, 0.1) is 22.3 Å². The molecule has 1 amide bonds. The van der Waals surface area contributed by atoms with Gasteiger partial charge in [0.1, 0.15) is 5.82 Å². The predicted molar refractivity (Wildman–Crippen MR) is 107 cm³/mol. The molecule has 0 unspecified atom stereocenters. The van der Waals surface area contributed by atoms with Crippen molar-refractivity contribution in [3.05, 3.63) is 70.7 Å². The van der Waals surface area contributed by atoms with Crippen LogP contribution in [-0.2, 0) is 9.53 Å². The second-order valence-electron chi connectivity index (χ2n) is 6.59. The number of benzene rings is 2. The van der Waals surface area contributed by atoms with Crippen molar-refractivity contribution in [3.8, 4) is 0 Å². The summed E-state index contributed by atoms with van der Waals surface area (Å²) < 4.78 is 19.3. The van der Waals surface area contributed by atoms with Gasteiger partial charge in [-0.05, 0) is 43.7 Å². The van der Waals surface area contributed by atoms with Gasteiger partial charge in [0.2, 0.25) is 11.7 Å². The van der Waals surface area contributed by atoms with Crippen molar-refractivity contribution in [2.75, 3.05) is 11.9 Å². The van der Waals surface area contributed by atoms with Crippen LogP contribution in [-0.4, -0.2) is 29.3 Å². The summed E-state index contributed by atoms with van der Waals surface area (Å²) in [6.45, 7) is 4.16. The highest BCUT2D eigenvalue weighted by atomic mass is 19.1. The van der Waals surface area contributed by atoms with Crippen LogP contribution in [0.3, 0.4) is 0 Å². The average Bonchev–Trinajstić information content (AvgIpc) is 2.65. The molecule has 29 heavy (non-hydrogen) atoms. The van der Waals surface area contributed by atoms with Crippen molar-refractivity contribution in [3.63, 3.8) is 0 Å². The number of nitrogens with one attached hydrogen (secondary N) is 1. The number of hydrogen-bond acceptors (Lipinski definition) is 5. The van der Waals surface area contributed by atoms with Crippen molar-refractivity contribution >= 4 is 34.3 Å². The van der Waals surface area contributed by atoms with E-state index in [4.69, 9.17) is 4.74 Å². The minimum atomic E-state index is -0.808. The number of pyridine rings is 1. The van der Waals surface area contributed by atoms with Crippen molar-refractivity contribution < 1.29 is 23.5 Å². The lowest BCUT2D eigenvalue weighted by Crippen LogP contribution is -2.18. The Morgan fingerprint density at radius 3 is 2.52 bits per heavy atom. The number of amides is 1. The summed E-state index contributed by atoms with van der Waals surface area (Å²) in [4.78, 5) is 40.3. The number of esters is 1. The molecule has 1 heterocycles. The van der Waals surface area contributed by atoms with Gasteiger partial charge in [-0.1, -0.05) is 18.2 Å². The van der Waals surface area contributed by atoms with E-state index in [0.717, 1.165) is 17.0 Å². The van der Waals surface area contributed by atoms with E-state index in [0.29, 0.717) is 11.3 Å². The van der Waals surface area contributed by atoms with Gasteiger partial charge >= 0.3 is 5.97 Å². The number of ketones is 1. The molecule has 0 spiro atoms. The summed E-state index contributed by atoms with van der Waals surface area (Å²) in [5, 5.41) is 3.24. The van der Waals surface area contributed by atoms with Crippen LogP contribution >= 0.6 is 0 Å². The molecule has 7 heteroatoms. The Balaban J connectivity index is 1.77. The molecule has 6 nitrogen and oxygen atoms in total. The average molecular weight is 394 g/mol. The maximum absolute atomic E-state index is 14.2. The first-order valence-electron chi connectivity index (χ1n) is 8.91. The predicted octanol–water partition coefficient (Wildman–Crippen LogP) is 3.99. The molecule has 0 saturated carbocycles. The van der Waals surface area contributed by atoms with Crippen LogP contribution in [0.5, 0.6) is 0 Å². The second-order valence-corrected chi connectivity index (χ2v) is 6.59. The number of halogens is 1. The molecule has 3 rings (SSSR count). The Bertz CT molecular complexity index is 1140. The zero-order valence-electron chi connectivity index (χ0n) is 16.2. The zero-order chi connectivity index (χ0) is 21.1. The quantitative estimate of drug-likeness (QED) is 0.522. The second kappa shape index (κ2) is 8.18. The van der Waals surface area contributed by atoms with Crippen LogP contribution in [0.2, 0.25) is 0 Å². The fraction of sp³-hybridized carbons (Fsp3) is 0.182. The van der Waals surface area contributed by atoms with Gasteiger partial charge in [-0.15, -0.1) is 0 Å². The molecule has 1 aromatic heterocycles. The number of nitrogens with zero attached hydrogens (tertiary/aromatic N) is 1. The number of carbonyl (C=O) groups excluding carboxylic acids is 3. The zero-order valence-corrected chi connectivity index (χ0v) is 16.2. The van der Waals surface area contributed by atoms with Gasteiger partial charge < -0.3 is 10.1 Å². The molecule has 0 aliphatic carbocycles. The van der Waals surface area contributed by atoms with E-state index in [9.17, 15) is 18.8 Å². The van der Waals surface area contributed by atoms with Crippen LogP contribution in [0.25, 0.3) is 10.9 Å². The number of fused-ring (bicyclic) bond motifs is 1. The number of hydrogen-bond donors (Lipinski definition) is 1. The van der Waals surface area contributed by atoms with Crippen LogP contribution in [0, 0.1) is 19.7 Å². The van der Waals surface area contributed by atoms with Gasteiger partial charge in [0.25, 0.3) is 0 Å². The number of para-hydroxylation sites is 1. The van der Waals surface area contributed by atoms with E-state index in [1.54, 1.807) is 13.8 Å². The van der Waals surface area contributed by atoms with Crippen LogP contribution < -0.4 is 5.32 Å². The Hall–Kier alpha value is -3.61. The molecule has 0 atom stereocenters. The summed E-state index contributed by atoms with van der Waals surface area (Å²) in [6.07, 6.45) is 0. The fourth-order valence-electron chi connectivity index (χ4n) is 3.13. The highest BCUT2D eigenvalue weighted by molar-refractivity contribution is 6.02. The molecule has 0 aliphatic rings. The molecule has 0 fully saturated rings. The molecule has 0 saturated heterocycles. The third kappa shape index (κ3) is 4.29. The fourth-order valence-corrected chi connectivity index (χ4v) is 3.13. The van der Waals surface area contributed by atoms with E-state index < -0.39 is 24.2 Å². The van der Waals surface area contributed by atoms with Crippen LogP contribution in [0.4, 0.5) is 10.1 Å². The largest absolute Gasteiger partial charge is 0.454 e. The van der Waals surface area contributed by atoms with E-state index in [1.165, 1.54) is 19.1 Å². The van der Waals surface area contributed by atoms with Crippen molar-refractivity contribution in [1.29, 1.82) is 0 Å². The lowest BCUT2D eigenvalue weighted by molar-refractivity contribution is -0.114. The summed E-state index contributed by atoms with van der Waals surface area (Å²) in [5.74, 6) is -2.54. The third-order valence-corrected chi connectivity index (χ3v) is 4.46. The smallest absolute Gasteiger partial charge is 0.340 e. The van der Waals surface area contributed by atoms with Gasteiger partial charge in [0.15, 0.2) is 6.61 Å². The molecule has 0 bridgehead atoms. The minimum Gasteiger partial charge on any atom is -0.454 e. The monoisotopic (exact) mass is 394 g/mol. The summed E-state index contributed by atoms with van der Waals surface area (Å²) >= 11 is 0. The molecule has 0 aliphatic heterocycles. The highest BCUT2D eigenvalue weighted by Gasteiger charge is 2.20. The number of ether oxygens (including phenoxy) is 1. The van der Waals surface area contributed by atoms with Gasteiger partial charge in [-0.25, -0.2) is 9.18 Å². The highest BCUT2D eigenvalue weighted by Crippen LogP contribution is 2.23. The Kier molecular flexibility index (Phi) is 5.68. The number of carbonyl (C=O) groups is 3. The molecule has 148 valence electrons. The molecule has 3 aromatic rings. The normalized spacial score (nSPS) is 10.6. The maximum Gasteiger partial charge on any atom is 0.340 e. The van der Waals surface area contributed by atoms with Crippen molar-refractivity contribution in [1.82, 2.24) is 4.98 Å². The van der Waals surface area contributed by atoms with Crippen molar-refractivity contribution in [2.45, 2.75) is 20.8 Å². The Labute approximate surface area is 166 Å². The van der Waals surface area contributed by atoms with E-state index in [2.05, 4.69) is 10.3 Å². The molecule has 1 N–H and O–H groups in total. The first kappa shape index (κ1) is 20.1. The number of rotatable bonds is 5. The van der Waals surface area contributed by atoms with Crippen molar-refractivity contribution in [2.24, 2.45) is 0 Å². The molecule has 2 aromatic carbocycles. The number of anilines is 1. The maximum atomic E-state index is 14.2. The lowest BCUT2D eigenvalue weighted by Gasteiger charge is -2.12. The van der Waals surface area contributed by atoms with Crippen LogP contribution in [0.15, 0.2) is 42.5 Å². The number of Topliss-reactive ketones (excluding diaryl/α,β-unsaturated/α-hetero) is 1. The van der Waals surface area contributed by atoms with E-state index in [-0.39, 0.29) is 22.7 Å². The molecular formula is C22H19FN2O4.